The van der Waals surface area contributed by atoms with E-state index in [1.54, 1.807) is 18.2 Å². The minimum absolute atomic E-state index is 0. The van der Waals surface area contributed by atoms with Gasteiger partial charge in [0.15, 0.2) is 0 Å². The van der Waals surface area contributed by atoms with Crippen molar-refractivity contribution in [3.63, 3.8) is 0 Å². The molecule has 0 aliphatic heterocycles. The summed E-state index contributed by atoms with van der Waals surface area (Å²) in [6, 6.07) is 0. The summed E-state index contributed by atoms with van der Waals surface area (Å²) in [6.45, 7) is 20.9. The minimum Gasteiger partial charge on any atom is -0.854 e. The van der Waals surface area contributed by atoms with E-state index in [-0.39, 0.29) is 47.0 Å². The van der Waals surface area contributed by atoms with Crippen molar-refractivity contribution in [2.24, 2.45) is 5.41 Å². The maximum absolute atomic E-state index is 9.46. The van der Waals surface area contributed by atoms with E-state index in [9.17, 15) is 15.3 Å². The first kappa shape index (κ1) is 32.9. The molecular weight excluding hydrogens is 360 g/mol. The summed E-state index contributed by atoms with van der Waals surface area (Å²) in [7, 11) is 0. The van der Waals surface area contributed by atoms with Crippen molar-refractivity contribution < 1.29 is 37.0 Å². The van der Waals surface area contributed by atoms with Gasteiger partial charge in [0.1, 0.15) is 0 Å². The van der Waals surface area contributed by atoms with Gasteiger partial charge in [0.25, 0.3) is 0 Å². The summed E-state index contributed by atoms with van der Waals surface area (Å²) in [5.74, 6) is 0. The maximum Gasteiger partial charge on any atom is 4.00 e. The van der Waals surface area contributed by atoms with E-state index in [1.807, 2.05) is 0 Å². The quantitative estimate of drug-likeness (QED) is 0.394. The molecule has 3 nitrogen and oxygen atoms in total. The van der Waals surface area contributed by atoms with Gasteiger partial charge in [-0.05, 0) is 0 Å². The second kappa shape index (κ2) is 22.3. The monoisotopic (exact) mass is 396 g/mol. The largest absolute Gasteiger partial charge is 4.00 e. The molecule has 26 heavy (non-hydrogen) atoms. The molecule has 0 heterocycles. The van der Waals surface area contributed by atoms with Crippen LogP contribution in [0.15, 0.2) is 54.7 Å². The van der Waals surface area contributed by atoms with Gasteiger partial charge in [-0.1, -0.05) is 70.6 Å². The van der Waals surface area contributed by atoms with Crippen molar-refractivity contribution in [2.75, 3.05) is 19.8 Å². The van der Waals surface area contributed by atoms with E-state index in [4.69, 9.17) is 0 Å². The van der Waals surface area contributed by atoms with Gasteiger partial charge in [0.05, 0.1) is 0 Å². The van der Waals surface area contributed by atoms with Gasteiger partial charge in [0.2, 0.25) is 0 Å². The van der Waals surface area contributed by atoms with Crippen LogP contribution in [0.2, 0.25) is 0 Å². The zero-order chi connectivity index (χ0) is 20.3. The summed E-state index contributed by atoms with van der Waals surface area (Å²) in [4.78, 5) is 0. The summed E-state index contributed by atoms with van der Waals surface area (Å²) < 4.78 is 0. The maximum atomic E-state index is 9.46. The molecule has 0 unspecified atom stereocenters. The van der Waals surface area contributed by atoms with Crippen LogP contribution in [0, 0.1) is 11.5 Å². The van der Waals surface area contributed by atoms with E-state index < -0.39 is 0 Å². The summed E-state index contributed by atoms with van der Waals surface area (Å²) in [6.07, 6.45) is 10.1. The Morgan fingerprint density at radius 2 is 1.12 bits per heavy atom. The molecule has 4 heteroatoms. The number of allylic oxidation sites excluding steroid dienone is 4. The average Bonchev–Trinajstić information content (AvgIpc) is 2.73. The van der Waals surface area contributed by atoms with E-state index in [0.29, 0.717) is 19.3 Å². The molecule has 1 aliphatic carbocycles. The molecule has 0 amide bonds. The Kier molecular flexibility index (Phi) is 28.3. The Morgan fingerprint density at radius 1 is 0.808 bits per heavy atom. The Labute approximate surface area is 176 Å². The predicted molar refractivity (Wildman–Crippen MR) is 104 cm³/mol. The zero-order valence-corrected chi connectivity index (χ0v) is 18.9. The molecule has 0 aromatic heterocycles. The van der Waals surface area contributed by atoms with Crippen LogP contribution in [0.5, 0.6) is 0 Å². The van der Waals surface area contributed by atoms with E-state index in [1.165, 1.54) is 16.7 Å². The van der Waals surface area contributed by atoms with Gasteiger partial charge in [-0.15, -0.1) is 46.5 Å². The third-order valence-corrected chi connectivity index (χ3v) is 3.53. The van der Waals surface area contributed by atoms with Crippen LogP contribution < -0.4 is 15.3 Å². The summed E-state index contributed by atoms with van der Waals surface area (Å²) >= 11 is 0. The van der Waals surface area contributed by atoms with Crippen LogP contribution in [0.1, 0.15) is 53.9 Å². The molecule has 0 saturated heterocycles. The molecule has 0 N–H and O–H groups in total. The molecular formula is C22H36O3Ti. The molecule has 0 aromatic rings. The van der Waals surface area contributed by atoms with E-state index in [0.717, 1.165) is 0 Å². The second-order valence-electron chi connectivity index (χ2n) is 5.97. The Morgan fingerprint density at radius 3 is 1.15 bits per heavy atom. The molecule has 0 spiro atoms. The molecule has 1 aliphatic rings. The first-order valence-electron chi connectivity index (χ1n) is 8.57. The molecule has 0 atom stereocenters. The SMILES string of the molecule is C=CCC[O-].C=CCC[O-].C=CCC[O-].CC1=[C-]C(C)(C)C(C)=C1C.[Ti+4]. The Balaban J connectivity index is -0.000000132. The molecule has 0 aromatic carbocycles. The fourth-order valence-corrected chi connectivity index (χ4v) is 1.66. The molecule has 0 radical (unpaired) electrons. The fraction of sp³-hybridized carbons (Fsp3) is 0.545. The van der Waals surface area contributed by atoms with Gasteiger partial charge in [0, 0.05) is 0 Å². The normalized spacial score (nSPS) is 13.3. The standard InChI is InChI=1S/C10H15.3C4H7O.Ti/c1-7-6-10(4,5)9(3)8(7)2;3*1-2-3-4-5;/h1-5H3;3*2H,1,3-4H2;/q4*-1;+4. The van der Waals surface area contributed by atoms with Gasteiger partial charge in [-0.3, -0.25) is 6.08 Å². The van der Waals surface area contributed by atoms with Crippen LogP contribution in [-0.4, -0.2) is 19.8 Å². The van der Waals surface area contributed by atoms with Gasteiger partial charge < -0.3 is 15.3 Å². The molecule has 0 bridgehead atoms. The fourth-order valence-electron chi connectivity index (χ4n) is 1.66. The second-order valence-corrected chi connectivity index (χ2v) is 5.97. The number of hydrogen-bond acceptors (Lipinski definition) is 3. The minimum atomic E-state index is -0.0243. The molecule has 1 rings (SSSR count). The van der Waals surface area contributed by atoms with Crippen molar-refractivity contribution in [1.29, 1.82) is 0 Å². The molecule has 146 valence electrons. The number of hydrogen-bond donors (Lipinski definition) is 0. The zero-order valence-electron chi connectivity index (χ0n) is 17.3. The smallest absolute Gasteiger partial charge is 0.854 e. The van der Waals surface area contributed by atoms with Crippen LogP contribution in [0.4, 0.5) is 0 Å². The van der Waals surface area contributed by atoms with Crippen molar-refractivity contribution >= 4 is 0 Å². The third kappa shape index (κ3) is 19.6. The van der Waals surface area contributed by atoms with Crippen molar-refractivity contribution in [3.8, 4) is 0 Å². The summed E-state index contributed by atoms with van der Waals surface area (Å²) in [5, 5.41) is 28.4. The Bertz CT molecular complexity index is 397. The number of rotatable bonds is 6. The topological polar surface area (TPSA) is 69.2 Å². The Hall–Kier alpha value is -0.706. The first-order chi connectivity index (χ1) is 11.7. The molecule has 0 fully saturated rings. The van der Waals surface area contributed by atoms with E-state index in [2.05, 4.69) is 60.4 Å². The van der Waals surface area contributed by atoms with Crippen molar-refractivity contribution in [1.82, 2.24) is 0 Å². The van der Waals surface area contributed by atoms with Crippen LogP contribution in [0.25, 0.3) is 0 Å². The van der Waals surface area contributed by atoms with Gasteiger partial charge in [-0.25, -0.2) is 5.57 Å². The van der Waals surface area contributed by atoms with Crippen molar-refractivity contribution in [3.05, 3.63) is 60.8 Å². The molecule has 0 saturated carbocycles. The predicted octanol–water partition coefficient (Wildman–Crippen LogP) is 2.88. The van der Waals surface area contributed by atoms with Crippen molar-refractivity contribution in [2.45, 2.75) is 53.9 Å². The average molecular weight is 396 g/mol. The summed E-state index contributed by atoms with van der Waals surface area (Å²) in [5.41, 5.74) is 4.39. The van der Waals surface area contributed by atoms with Crippen LogP contribution in [-0.2, 0) is 21.7 Å². The third-order valence-electron chi connectivity index (χ3n) is 3.53. The van der Waals surface area contributed by atoms with E-state index >= 15 is 0 Å². The van der Waals surface area contributed by atoms with Crippen LogP contribution >= 0.6 is 0 Å². The van der Waals surface area contributed by atoms with Crippen LogP contribution in [0.3, 0.4) is 0 Å². The van der Waals surface area contributed by atoms with Gasteiger partial charge >= 0.3 is 21.7 Å². The van der Waals surface area contributed by atoms with Gasteiger partial charge in [-0.2, -0.15) is 11.1 Å². The first-order valence-corrected chi connectivity index (χ1v) is 8.57.